The van der Waals surface area contributed by atoms with Gasteiger partial charge in [-0.3, -0.25) is 9.12 Å². The van der Waals surface area contributed by atoms with E-state index in [0.29, 0.717) is 17.2 Å². The van der Waals surface area contributed by atoms with Crippen molar-refractivity contribution in [1.29, 1.82) is 0 Å². The molecule has 0 aliphatic rings. The smallest absolute Gasteiger partial charge is 0.261 e. The second kappa shape index (κ2) is 9.35. The molecule has 0 unspecified atom stereocenters. The van der Waals surface area contributed by atoms with Gasteiger partial charge in [-0.05, 0) is 49.4 Å². The van der Waals surface area contributed by atoms with E-state index in [9.17, 15) is 8.42 Å². The molecule has 0 radical (unpaired) electrons. The molecule has 9 heteroatoms. The Balaban J connectivity index is 1.39. The molecular weight excluding hydrogens is 472 g/mol. The summed E-state index contributed by atoms with van der Waals surface area (Å²) in [4.78, 5) is 11.4. The second-order valence-electron chi connectivity index (χ2n) is 8.65. The van der Waals surface area contributed by atoms with Crippen LogP contribution in [0.4, 0.5) is 22.9 Å². The number of aromatic nitrogens is 3. The van der Waals surface area contributed by atoms with Crippen molar-refractivity contribution in [3.63, 3.8) is 0 Å². The molecule has 0 atom stereocenters. The SMILES string of the molecule is Cc1ccc(S(=O)(=O)Nc2ccc(Nc3nccn4c(-c5ccccc5N(C)C)cnc34)cc2)cc1. The number of fused-ring (bicyclic) bond motifs is 1. The molecule has 0 bridgehead atoms. The van der Waals surface area contributed by atoms with Gasteiger partial charge in [0.05, 0.1) is 16.8 Å². The van der Waals surface area contributed by atoms with Crippen LogP contribution < -0.4 is 14.9 Å². The number of hydrogen-bond acceptors (Lipinski definition) is 6. The van der Waals surface area contributed by atoms with E-state index in [4.69, 9.17) is 0 Å². The van der Waals surface area contributed by atoms with Gasteiger partial charge in [-0.2, -0.15) is 0 Å². The number of hydrogen-bond donors (Lipinski definition) is 2. The number of nitrogens with one attached hydrogen (secondary N) is 2. The minimum Gasteiger partial charge on any atom is -0.377 e. The van der Waals surface area contributed by atoms with Crippen molar-refractivity contribution >= 4 is 38.6 Å². The van der Waals surface area contributed by atoms with Gasteiger partial charge in [0.1, 0.15) is 0 Å². The Morgan fingerprint density at radius 1 is 0.861 bits per heavy atom. The lowest BCUT2D eigenvalue weighted by Gasteiger charge is -2.17. The van der Waals surface area contributed by atoms with E-state index in [1.165, 1.54) is 0 Å². The summed E-state index contributed by atoms with van der Waals surface area (Å²) in [5.74, 6) is 0.596. The largest absolute Gasteiger partial charge is 0.377 e. The summed E-state index contributed by atoms with van der Waals surface area (Å²) in [5, 5.41) is 3.29. The van der Waals surface area contributed by atoms with E-state index in [1.807, 2.05) is 49.9 Å². The lowest BCUT2D eigenvalue weighted by atomic mass is 10.1. The maximum atomic E-state index is 12.7. The highest BCUT2D eigenvalue weighted by atomic mass is 32.2. The van der Waals surface area contributed by atoms with Crippen molar-refractivity contribution in [2.45, 2.75) is 11.8 Å². The molecule has 3 aromatic carbocycles. The molecule has 36 heavy (non-hydrogen) atoms. The fourth-order valence-corrected chi connectivity index (χ4v) is 5.04. The van der Waals surface area contributed by atoms with Crippen molar-refractivity contribution in [3.05, 3.63) is 97.0 Å². The monoisotopic (exact) mass is 498 g/mol. The van der Waals surface area contributed by atoms with Crippen molar-refractivity contribution in [2.24, 2.45) is 0 Å². The molecule has 0 amide bonds. The summed E-state index contributed by atoms with van der Waals surface area (Å²) >= 11 is 0. The minimum absolute atomic E-state index is 0.220. The van der Waals surface area contributed by atoms with Gasteiger partial charge in [-0.25, -0.2) is 18.4 Å². The molecule has 0 aliphatic heterocycles. The lowest BCUT2D eigenvalue weighted by Crippen LogP contribution is -2.12. The Morgan fingerprint density at radius 3 is 2.28 bits per heavy atom. The zero-order valence-corrected chi connectivity index (χ0v) is 21.0. The van der Waals surface area contributed by atoms with E-state index >= 15 is 0 Å². The van der Waals surface area contributed by atoms with Crippen molar-refractivity contribution < 1.29 is 8.42 Å². The van der Waals surface area contributed by atoms with Crippen LogP contribution in [0, 0.1) is 6.92 Å². The first kappa shape index (κ1) is 23.4. The summed E-state index contributed by atoms with van der Waals surface area (Å²) in [7, 11) is 0.367. The van der Waals surface area contributed by atoms with Gasteiger partial charge in [0.25, 0.3) is 10.0 Å². The van der Waals surface area contributed by atoms with E-state index in [-0.39, 0.29) is 4.90 Å². The van der Waals surface area contributed by atoms with Gasteiger partial charge in [0.15, 0.2) is 11.5 Å². The van der Waals surface area contributed by atoms with Crippen molar-refractivity contribution in [1.82, 2.24) is 14.4 Å². The number of anilines is 4. The highest BCUT2D eigenvalue weighted by Crippen LogP contribution is 2.31. The molecule has 2 heterocycles. The Kier molecular flexibility index (Phi) is 6.07. The first-order valence-corrected chi connectivity index (χ1v) is 12.9. The molecule has 8 nitrogen and oxygen atoms in total. The van der Waals surface area contributed by atoms with Crippen molar-refractivity contribution in [3.8, 4) is 11.3 Å². The Morgan fingerprint density at radius 2 is 1.56 bits per heavy atom. The van der Waals surface area contributed by atoms with Gasteiger partial charge in [-0.1, -0.05) is 35.9 Å². The number of benzene rings is 3. The fourth-order valence-electron chi connectivity index (χ4n) is 3.98. The van der Waals surface area contributed by atoms with Gasteiger partial charge in [-0.15, -0.1) is 0 Å². The quantitative estimate of drug-likeness (QED) is 0.316. The van der Waals surface area contributed by atoms with Crippen LogP contribution in [0.1, 0.15) is 5.56 Å². The summed E-state index contributed by atoms with van der Waals surface area (Å²) in [5.41, 5.74) is 6.03. The van der Waals surface area contributed by atoms with Crippen LogP contribution in [0.5, 0.6) is 0 Å². The third kappa shape index (κ3) is 4.60. The average Bonchev–Trinajstić information content (AvgIpc) is 3.30. The molecule has 0 fully saturated rings. The third-order valence-corrected chi connectivity index (χ3v) is 7.22. The summed E-state index contributed by atoms with van der Waals surface area (Å²) < 4.78 is 30.0. The second-order valence-corrected chi connectivity index (χ2v) is 10.3. The summed E-state index contributed by atoms with van der Waals surface area (Å²) in [6.45, 7) is 1.91. The number of sulfonamides is 1. The molecule has 5 rings (SSSR count). The van der Waals surface area contributed by atoms with Crippen LogP contribution in [0.3, 0.4) is 0 Å². The van der Waals surface area contributed by atoms with Gasteiger partial charge in [0.2, 0.25) is 0 Å². The first-order chi connectivity index (χ1) is 17.3. The predicted octanol–water partition coefficient (Wildman–Crippen LogP) is 5.32. The fraction of sp³-hybridized carbons (Fsp3) is 0.111. The maximum absolute atomic E-state index is 12.7. The van der Waals surface area contributed by atoms with E-state index in [0.717, 1.165) is 28.2 Å². The lowest BCUT2D eigenvalue weighted by molar-refractivity contribution is 0.601. The molecule has 182 valence electrons. The van der Waals surface area contributed by atoms with Crippen LogP contribution in [0.25, 0.3) is 16.9 Å². The first-order valence-electron chi connectivity index (χ1n) is 11.4. The minimum atomic E-state index is -3.66. The average molecular weight is 499 g/mol. The third-order valence-electron chi connectivity index (χ3n) is 5.82. The molecule has 0 spiro atoms. The Hall–Kier alpha value is -4.37. The van der Waals surface area contributed by atoms with Crippen LogP contribution in [-0.2, 0) is 10.0 Å². The van der Waals surface area contributed by atoms with E-state index in [2.05, 4.69) is 37.0 Å². The number of aryl methyl sites for hydroxylation is 1. The zero-order chi connectivity index (χ0) is 25.3. The molecule has 2 N–H and O–H groups in total. The van der Waals surface area contributed by atoms with Gasteiger partial charge in [0, 0.05) is 49.1 Å². The number of para-hydroxylation sites is 1. The highest BCUT2D eigenvalue weighted by Gasteiger charge is 2.15. The molecule has 0 aliphatic carbocycles. The molecule has 5 aromatic rings. The van der Waals surface area contributed by atoms with Crippen molar-refractivity contribution in [2.75, 3.05) is 29.0 Å². The van der Waals surface area contributed by atoms with Crippen LogP contribution in [0.15, 0.2) is 96.3 Å². The highest BCUT2D eigenvalue weighted by molar-refractivity contribution is 7.92. The summed E-state index contributed by atoms with van der Waals surface area (Å²) in [6, 6.07) is 21.9. The van der Waals surface area contributed by atoms with E-state index in [1.54, 1.807) is 54.7 Å². The molecular formula is C27H26N6O2S. The maximum Gasteiger partial charge on any atom is 0.261 e. The Labute approximate surface area is 210 Å². The molecule has 2 aromatic heterocycles. The zero-order valence-electron chi connectivity index (χ0n) is 20.2. The van der Waals surface area contributed by atoms with Gasteiger partial charge >= 0.3 is 0 Å². The number of imidazole rings is 1. The van der Waals surface area contributed by atoms with Gasteiger partial charge < -0.3 is 10.2 Å². The topological polar surface area (TPSA) is 91.6 Å². The molecule has 0 saturated heterocycles. The number of nitrogens with zero attached hydrogens (tertiary/aromatic N) is 4. The van der Waals surface area contributed by atoms with Crippen LogP contribution in [-0.4, -0.2) is 36.9 Å². The van der Waals surface area contributed by atoms with Crippen LogP contribution >= 0.6 is 0 Å². The van der Waals surface area contributed by atoms with Crippen LogP contribution in [0.2, 0.25) is 0 Å². The standard InChI is InChI=1S/C27H26N6O2S/c1-19-8-14-22(15-9-19)36(34,35)31-21-12-10-20(11-13-21)30-26-27-29-18-25(33(27)17-16-28-26)23-6-4-5-7-24(23)32(2)3/h4-18,31H,1-3H3,(H,28,30). The summed E-state index contributed by atoms with van der Waals surface area (Å²) in [6.07, 6.45) is 5.45. The van der Waals surface area contributed by atoms with E-state index < -0.39 is 10.0 Å². The molecule has 0 saturated carbocycles. The predicted molar refractivity (Wildman–Crippen MR) is 144 cm³/mol. The Bertz CT molecular complexity index is 1630. The normalized spacial score (nSPS) is 11.4. The number of rotatable bonds is 7.